The SMILES string of the molecule is C[Si]C.Cc1cc2c(-c3cc(C(C)C)cc(C(C)C)c3)cccc2[cH-]1.Cc1cc2c(-c3cc(C(C)C)cc(C(C)C)c3)cccc2[cH-]1.[Cl][Zr+2][Cl]. The molecule has 2 radical (unpaired) electrons. The fraction of sp³-hybridized carbons (Fsp3) is 0.348. The number of hydrogen-bond acceptors (Lipinski definition) is 0. The van der Waals surface area contributed by atoms with Crippen LogP contribution in [-0.4, -0.2) is 9.52 Å². The standard InChI is InChI=1S/2C22H25.C2H6Si.2ClH.Zr/c2*1-14(2)18-11-19(15(3)4)13-20(12-18)21-8-6-7-17-9-16(5)10-22(17)21;1-3-2;;;/h2*6-15H,1-5H3;1-2H3;2*1H;/q2*-1;;;;+4/p-2. The minimum absolute atomic E-state index is 0.554. The van der Waals surface area contributed by atoms with Gasteiger partial charge in [0.05, 0.1) is 0 Å². The van der Waals surface area contributed by atoms with E-state index in [0.717, 1.165) is 9.52 Å². The molecular formula is C46H56Cl2SiZr. The molecule has 0 spiro atoms. The van der Waals surface area contributed by atoms with Crippen LogP contribution in [0, 0.1) is 13.8 Å². The van der Waals surface area contributed by atoms with Gasteiger partial charge in [0.2, 0.25) is 0 Å². The molecule has 0 unspecified atom stereocenters. The Balaban J connectivity index is 0.000000234. The molecule has 0 saturated carbocycles. The van der Waals surface area contributed by atoms with Crippen molar-refractivity contribution in [3.63, 3.8) is 0 Å². The number of halogens is 2. The third-order valence-corrected chi connectivity index (χ3v) is 9.03. The van der Waals surface area contributed by atoms with Crippen LogP contribution in [-0.2, 0) is 20.8 Å². The van der Waals surface area contributed by atoms with Gasteiger partial charge in [-0.1, -0.05) is 142 Å². The molecule has 6 aromatic carbocycles. The molecule has 6 rings (SSSR count). The predicted octanol–water partition coefficient (Wildman–Crippen LogP) is 15.7. The van der Waals surface area contributed by atoms with Gasteiger partial charge in [-0.05, 0) is 57.1 Å². The summed E-state index contributed by atoms with van der Waals surface area (Å²) in [5, 5.41) is 5.43. The van der Waals surface area contributed by atoms with E-state index in [1.165, 1.54) is 77.2 Å². The number of aryl methyl sites for hydroxylation is 2. The van der Waals surface area contributed by atoms with Crippen molar-refractivity contribution in [3.8, 4) is 22.3 Å². The molecular weight excluding hydrogens is 743 g/mol. The van der Waals surface area contributed by atoms with E-state index in [0.29, 0.717) is 23.7 Å². The molecule has 6 aromatic rings. The quantitative estimate of drug-likeness (QED) is 0.116. The van der Waals surface area contributed by atoms with Crippen molar-refractivity contribution in [1.29, 1.82) is 0 Å². The van der Waals surface area contributed by atoms with E-state index >= 15 is 0 Å². The summed E-state index contributed by atoms with van der Waals surface area (Å²) < 4.78 is 0. The summed E-state index contributed by atoms with van der Waals surface area (Å²) in [4.78, 5) is 0. The summed E-state index contributed by atoms with van der Waals surface area (Å²) in [5.74, 6) is 2.22. The van der Waals surface area contributed by atoms with Crippen molar-refractivity contribution < 1.29 is 20.8 Å². The first-order valence-corrected chi connectivity index (χ1v) is 26.2. The molecule has 0 nitrogen and oxygen atoms in total. The molecule has 0 bridgehead atoms. The van der Waals surface area contributed by atoms with E-state index in [1.54, 1.807) is 0 Å². The summed E-state index contributed by atoms with van der Waals surface area (Å²) >= 11 is -0.826. The van der Waals surface area contributed by atoms with Crippen LogP contribution in [0.15, 0.2) is 97.1 Å². The van der Waals surface area contributed by atoms with Crippen LogP contribution in [0.3, 0.4) is 0 Å². The zero-order chi connectivity index (χ0) is 37.1. The Morgan fingerprint density at radius 2 is 0.780 bits per heavy atom. The van der Waals surface area contributed by atoms with Gasteiger partial charge in [-0.2, -0.15) is 12.1 Å². The Morgan fingerprint density at radius 3 is 1.04 bits per heavy atom. The van der Waals surface area contributed by atoms with E-state index in [2.05, 4.69) is 179 Å². The molecule has 50 heavy (non-hydrogen) atoms. The molecule has 0 aliphatic rings. The molecule has 0 amide bonds. The van der Waals surface area contributed by atoms with Crippen molar-refractivity contribution in [2.75, 3.05) is 0 Å². The van der Waals surface area contributed by atoms with Crippen LogP contribution >= 0.6 is 17.0 Å². The Kier molecular flexibility index (Phi) is 17.0. The van der Waals surface area contributed by atoms with Gasteiger partial charge in [0, 0.05) is 9.52 Å². The van der Waals surface area contributed by atoms with Crippen molar-refractivity contribution >= 4 is 48.1 Å². The number of benzene rings is 4. The zero-order valence-electron chi connectivity index (χ0n) is 32.3. The van der Waals surface area contributed by atoms with Gasteiger partial charge in [-0.3, -0.25) is 0 Å². The van der Waals surface area contributed by atoms with E-state index in [9.17, 15) is 0 Å². The Bertz CT molecular complexity index is 1750. The Morgan fingerprint density at radius 1 is 0.500 bits per heavy atom. The van der Waals surface area contributed by atoms with Gasteiger partial charge in [0.25, 0.3) is 0 Å². The number of fused-ring (bicyclic) bond motifs is 2. The molecule has 0 aromatic heterocycles. The van der Waals surface area contributed by atoms with Crippen molar-refractivity contribution in [3.05, 3.63) is 130 Å². The van der Waals surface area contributed by atoms with Crippen LogP contribution in [0.1, 0.15) is 112 Å². The molecule has 0 N–H and O–H groups in total. The molecule has 0 aliphatic carbocycles. The molecule has 0 fully saturated rings. The van der Waals surface area contributed by atoms with Gasteiger partial charge < -0.3 is 0 Å². The van der Waals surface area contributed by atoms with Gasteiger partial charge in [0.1, 0.15) is 0 Å². The second kappa shape index (κ2) is 20.1. The molecule has 4 heteroatoms. The van der Waals surface area contributed by atoms with Crippen LogP contribution in [0.4, 0.5) is 0 Å². The van der Waals surface area contributed by atoms with E-state index < -0.39 is 20.8 Å². The van der Waals surface area contributed by atoms with Crippen LogP contribution < -0.4 is 0 Å². The summed E-state index contributed by atoms with van der Waals surface area (Å²) in [6, 6.07) is 36.7. The van der Waals surface area contributed by atoms with Crippen molar-refractivity contribution in [1.82, 2.24) is 0 Å². The number of hydrogen-bond donors (Lipinski definition) is 0. The van der Waals surface area contributed by atoms with Gasteiger partial charge in [0.15, 0.2) is 0 Å². The second-order valence-corrected chi connectivity index (χ2v) is 19.4. The fourth-order valence-corrected chi connectivity index (χ4v) is 6.27. The average Bonchev–Trinajstić information content (AvgIpc) is 3.65. The van der Waals surface area contributed by atoms with Crippen molar-refractivity contribution in [2.24, 2.45) is 0 Å². The first-order valence-electron chi connectivity index (χ1n) is 17.9. The molecule has 0 saturated heterocycles. The first kappa shape index (κ1) is 42.2. The third kappa shape index (κ3) is 11.4. The normalized spacial score (nSPS) is 10.9. The number of rotatable bonds is 6. The monoisotopic (exact) mass is 796 g/mol. The third-order valence-electron chi connectivity index (χ3n) is 9.03. The van der Waals surface area contributed by atoms with E-state index in [4.69, 9.17) is 17.0 Å². The van der Waals surface area contributed by atoms with Gasteiger partial charge in [-0.15, -0.1) is 69.1 Å². The minimum atomic E-state index is -0.826. The predicted molar refractivity (Wildman–Crippen MR) is 225 cm³/mol. The van der Waals surface area contributed by atoms with E-state index in [-0.39, 0.29) is 0 Å². The molecule has 0 aliphatic heterocycles. The molecule has 0 atom stereocenters. The summed E-state index contributed by atoms with van der Waals surface area (Å²) in [6.07, 6.45) is 0. The fourth-order valence-electron chi connectivity index (χ4n) is 6.27. The van der Waals surface area contributed by atoms with Gasteiger partial charge >= 0.3 is 37.9 Å². The van der Waals surface area contributed by atoms with Crippen LogP contribution in [0.5, 0.6) is 0 Å². The van der Waals surface area contributed by atoms with Crippen LogP contribution in [0.25, 0.3) is 43.8 Å². The Labute approximate surface area is 325 Å². The molecule has 262 valence electrons. The second-order valence-electron chi connectivity index (χ2n) is 14.6. The van der Waals surface area contributed by atoms with Gasteiger partial charge in [-0.25, -0.2) is 0 Å². The summed E-state index contributed by atoms with van der Waals surface area (Å²) in [5.41, 5.74) is 13.8. The Hall–Kier alpha value is -2.22. The van der Waals surface area contributed by atoms with Crippen molar-refractivity contribution in [2.45, 2.75) is 106 Å². The maximum absolute atomic E-state index is 4.93. The maximum atomic E-state index is 4.93. The zero-order valence-corrected chi connectivity index (χ0v) is 37.3. The topological polar surface area (TPSA) is 0 Å². The molecule has 0 heterocycles. The average molecular weight is 799 g/mol. The first-order chi connectivity index (χ1) is 23.7. The van der Waals surface area contributed by atoms with Crippen LogP contribution in [0.2, 0.25) is 13.1 Å². The summed E-state index contributed by atoms with van der Waals surface area (Å²) in [7, 11) is 11.0. The summed E-state index contributed by atoms with van der Waals surface area (Å²) in [6.45, 7) is 26.8. The van der Waals surface area contributed by atoms with E-state index in [1.807, 2.05) is 0 Å².